The van der Waals surface area contributed by atoms with Crippen LogP contribution in [0.5, 0.6) is 0 Å². The third-order valence-electron chi connectivity index (χ3n) is 3.10. The minimum atomic E-state index is 0.375. The second-order valence-electron chi connectivity index (χ2n) is 6.29. The highest BCUT2D eigenvalue weighted by Gasteiger charge is 2.21. The fourth-order valence-corrected chi connectivity index (χ4v) is 2.27. The number of hydrogen-bond donors (Lipinski definition) is 1. The summed E-state index contributed by atoms with van der Waals surface area (Å²) < 4.78 is 5.48. The van der Waals surface area contributed by atoms with Gasteiger partial charge in [0.2, 0.25) is 0 Å². The van der Waals surface area contributed by atoms with Gasteiger partial charge in [0.15, 0.2) is 0 Å². The van der Waals surface area contributed by atoms with Crippen LogP contribution in [0.2, 0.25) is 0 Å². The molecule has 0 amide bonds. The van der Waals surface area contributed by atoms with E-state index in [0.29, 0.717) is 17.5 Å². The molecule has 0 spiro atoms. The van der Waals surface area contributed by atoms with Gasteiger partial charge in [-0.25, -0.2) is 0 Å². The third-order valence-corrected chi connectivity index (χ3v) is 3.10. The van der Waals surface area contributed by atoms with E-state index in [1.807, 2.05) is 0 Å². The molecule has 0 aromatic heterocycles. The molecule has 0 aromatic carbocycles. The van der Waals surface area contributed by atoms with Crippen molar-refractivity contribution in [1.82, 2.24) is 10.2 Å². The van der Waals surface area contributed by atoms with Gasteiger partial charge in [-0.3, -0.25) is 0 Å². The molecule has 3 heteroatoms. The summed E-state index contributed by atoms with van der Waals surface area (Å²) in [5.41, 5.74) is 0.375. The van der Waals surface area contributed by atoms with Crippen molar-refractivity contribution in [2.24, 2.45) is 5.41 Å². The Labute approximate surface area is 101 Å². The van der Waals surface area contributed by atoms with Crippen LogP contribution in [0, 0.1) is 5.41 Å². The Morgan fingerprint density at radius 3 is 2.62 bits per heavy atom. The Balaban J connectivity index is 2.29. The topological polar surface area (TPSA) is 24.5 Å². The van der Waals surface area contributed by atoms with Gasteiger partial charge in [0.25, 0.3) is 0 Å². The second-order valence-corrected chi connectivity index (χ2v) is 6.29. The molecule has 1 N–H and O–H groups in total. The molecule has 1 aliphatic heterocycles. The van der Waals surface area contributed by atoms with Crippen molar-refractivity contribution < 1.29 is 4.74 Å². The van der Waals surface area contributed by atoms with Crippen LogP contribution in [-0.2, 0) is 4.74 Å². The standard InChI is InChI=1S/C13H28N2O/c1-11(15(5)10-13(2,3)4)8-12-9-16-7-6-14-12/h11-12,14H,6-10H2,1-5H3. The van der Waals surface area contributed by atoms with Crippen LogP contribution in [0.1, 0.15) is 34.1 Å². The number of hydrogen-bond acceptors (Lipinski definition) is 3. The summed E-state index contributed by atoms with van der Waals surface area (Å²) in [4.78, 5) is 2.45. The first kappa shape index (κ1) is 13.9. The lowest BCUT2D eigenvalue weighted by Crippen LogP contribution is -2.46. The molecular formula is C13H28N2O. The molecule has 1 fully saturated rings. The second kappa shape index (κ2) is 5.99. The molecule has 1 rings (SSSR count). The maximum Gasteiger partial charge on any atom is 0.0620 e. The number of morpholine rings is 1. The largest absolute Gasteiger partial charge is 0.379 e. The number of nitrogens with zero attached hydrogens (tertiary/aromatic N) is 1. The first-order valence-corrected chi connectivity index (χ1v) is 6.40. The molecule has 2 atom stereocenters. The number of rotatable bonds is 4. The molecule has 3 nitrogen and oxygen atoms in total. The predicted molar refractivity (Wildman–Crippen MR) is 68.8 cm³/mol. The van der Waals surface area contributed by atoms with Gasteiger partial charge in [-0.2, -0.15) is 0 Å². The van der Waals surface area contributed by atoms with Crippen LogP contribution in [0.15, 0.2) is 0 Å². The minimum Gasteiger partial charge on any atom is -0.379 e. The summed E-state index contributed by atoms with van der Waals surface area (Å²) in [7, 11) is 2.22. The van der Waals surface area contributed by atoms with E-state index in [4.69, 9.17) is 4.74 Å². The zero-order valence-electron chi connectivity index (χ0n) is 11.5. The van der Waals surface area contributed by atoms with Crippen molar-refractivity contribution in [2.75, 3.05) is 33.4 Å². The molecule has 2 unspecified atom stereocenters. The summed E-state index contributed by atoms with van der Waals surface area (Å²) in [5.74, 6) is 0. The van der Waals surface area contributed by atoms with Crippen LogP contribution < -0.4 is 5.32 Å². The summed E-state index contributed by atoms with van der Waals surface area (Å²) in [5, 5.41) is 3.52. The molecule has 0 saturated carbocycles. The number of ether oxygens (including phenoxy) is 1. The van der Waals surface area contributed by atoms with Gasteiger partial charge in [0.05, 0.1) is 13.2 Å². The Kier molecular flexibility index (Phi) is 5.22. The van der Waals surface area contributed by atoms with E-state index in [0.717, 1.165) is 26.3 Å². The normalized spacial score (nSPS) is 24.8. The van der Waals surface area contributed by atoms with E-state index in [-0.39, 0.29) is 0 Å². The fourth-order valence-electron chi connectivity index (χ4n) is 2.27. The molecule has 16 heavy (non-hydrogen) atoms. The predicted octanol–water partition coefficient (Wildman–Crippen LogP) is 1.73. The Hall–Kier alpha value is -0.120. The van der Waals surface area contributed by atoms with Crippen molar-refractivity contribution in [3.05, 3.63) is 0 Å². The van der Waals surface area contributed by atoms with Crippen molar-refractivity contribution in [2.45, 2.75) is 46.2 Å². The fraction of sp³-hybridized carbons (Fsp3) is 1.00. The molecule has 1 heterocycles. The van der Waals surface area contributed by atoms with E-state index >= 15 is 0 Å². The molecule has 96 valence electrons. The Morgan fingerprint density at radius 1 is 1.44 bits per heavy atom. The van der Waals surface area contributed by atoms with Crippen LogP contribution in [-0.4, -0.2) is 50.3 Å². The molecule has 0 radical (unpaired) electrons. The van der Waals surface area contributed by atoms with Gasteiger partial charge in [0.1, 0.15) is 0 Å². The summed E-state index contributed by atoms with van der Waals surface area (Å²) in [6.07, 6.45) is 1.17. The minimum absolute atomic E-state index is 0.375. The molecule has 0 bridgehead atoms. The highest BCUT2D eigenvalue weighted by molar-refractivity contribution is 4.78. The maximum absolute atomic E-state index is 5.48. The van der Waals surface area contributed by atoms with E-state index in [1.165, 1.54) is 6.42 Å². The Morgan fingerprint density at radius 2 is 2.12 bits per heavy atom. The molecular weight excluding hydrogens is 200 g/mol. The lowest BCUT2D eigenvalue weighted by Gasteiger charge is -2.34. The molecule has 1 saturated heterocycles. The van der Waals surface area contributed by atoms with Gasteiger partial charge < -0.3 is 15.0 Å². The van der Waals surface area contributed by atoms with Crippen LogP contribution in [0.3, 0.4) is 0 Å². The monoisotopic (exact) mass is 228 g/mol. The average molecular weight is 228 g/mol. The van der Waals surface area contributed by atoms with Gasteiger partial charge in [-0.15, -0.1) is 0 Å². The van der Waals surface area contributed by atoms with Gasteiger partial charge >= 0.3 is 0 Å². The summed E-state index contributed by atoms with van der Waals surface area (Å²) in [6, 6.07) is 1.14. The summed E-state index contributed by atoms with van der Waals surface area (Å²) >= 11 is 0. The highest BCUT2D eigenvalue weighted by atomic mass is 16.5. The molecule has 0 aliphatic carbocycles. The summed E-state index contributed by atoms with van der Waals surface area (Å²) in [6.45, 7) is 13.1. The van der Waals surface area contributed by atoms with Gasteiger partial charge in [0, 0.05) is 25.2 Å². The van der Waals surface area contributed by atoms with Gasteiger partial charge in [-0.1, -0.05) is 20.8 Å². The highest BCUT2D eigenvalue weighted by Crippen LogP contribution is 2.17. The zero-order valence-corrected chi connectivity index (χ0v) is 11.5. The Bertz CT molecular complexity index is 195. The van der Waals surface area contributed by atoms with Crippen molar-refractivity contribution in [1.29, 1.82) is 0 Å². The van der Waals surface area contributed by atoms with Crippen molar-refractivity contribution in [3.63, 3.8) is 0 Å². The van der Waals surface area contributed by atoms with Gasteiger partial charge in [-0.05, 0) is 25.8 Å². The smallest absolute Gasteiger partial charge is 0.0620 e. The third kappa shape index (κ3) is 5.28. The van der Waals surface area contributed by atoms with Crippen molar-refractivity contribution in [3.8, 4) is 0 Å². The van der Waals surface area contributed by atoms with Crippen LogP contribution >= 0.6 is 0 Å². The van der Waals surface area contributed by atoms with Crippen molar-refractivity contribution >= 4 is 0 Å². The quantitative estimate of drug-likeness (QED) is 0.793. The molecule has 1 aliphatic rings. The average Bonchev–Trinajstić information content (AvgIpc) is 2.16. The van der Waals surface area contributed by atoms with Crippen LogP contribution in [0.4, 0.5) is 0 Å². The SMILES string of the molecule is CC(CC1COCCN1)N(C)CC(C)(C)C. The van der Waals surface area contributed by atoms with E-state index in [2.05, 4.69) is 45.0 Å². The van der Waals surface area contributed by atoms with E-state index in [9.17, 15) is 0 Å². The number of nitrogens with one attached hydrogen (secondary N) is 1. The lowest BCUT2D eigenvalue weighted by atomic mass is 9.95. The van der Waals surface area contributed by atoms with E-state index < -0.39 is 0 Å². The maximum atomic E-state index is 5.48. The first-order valence-electron chi connectivity index (χ1n) is 6.40. The molecule has 0 aromatic rings. The first-order chi connectivity index (χ1) is 7.38. The van der Waals surface area contributed by atoms with E-state index in [1.54, 1.807) is 0 Å². The lowest BCUT2D eigenvalue weighted by molar-refractivity contribution is 0.0613. The van der Waals surface area contributed by atoms with Crippen LogP contribution in [0.25, 0.3) is 0 Å². The zero-order chi connectivity index (χ0) is 12.2.